The van der Waals surface area contributed by atoms with E-state index < -0.39 is 5.97 Å². The van der Waals surface area contributed by atoms with Crippen molar-refractivity contribution in [1.82, 2.24) is 4.90 Å². The molecule has 0 bridgehead atoms. The van der Waals surface area contributed by atoms with Crippen molar-refractivity contribution in [1.29, 1.82) is 0 Å². The molecular weight excluding hydrogens is 250 g/mol. The Morgan fingerprint density at radius 2 is 2.00 bits per heavy atom. The highest BCUT2D eigenvalue weighted by molar-refractivity contribution is 5.96. The van der Waals surface area contributed by atoms with Crippen molar-refractivity contribution < 1.29 is 24.2 Å². The van der Waals surface area contributed by atoms with Gasteiger partial charge in [0.2, 0.25) is 0 Å². The van der Waals surface area contributed by atoms with Crippen molar-refractivity contribution >= 4 is 11.9 Å². The van der Waals surface area contributed by atoms with Crippen LogP contribution in [0.25, 0.3) is 0 Å². The average molecular weight is 267 g/mol. The third-order valence-corrected chi connectivity index (χ3v) is 2.43. The summed E-state index contributed by atoms with van der Waals surface area (Å²) < 4.78 is 10.5. The molecule has 104 valence electrons. The number of likely N-dealkylation sites (N-methyl/N-ethyl adjacent to an activating group) is 1. The predicted octanol–water partition coefficient (Wildman–Crippen LogP) is 1.25. The summed E-state index contributed by atoms with van der Waals surface area (Å²) in [5.41, 5.74) is 0.355. The topological polar surface area (TPSA) is 76.1 Å². The lowest BCUT2D eigenvalue weighted by Gasteiger charge is -2.16. The van der Waals surface area contributed by atoms with Crippen LogP contribution >= 0.6 is 0 Å². The molecule has 1 aromatic carbocycles. The molecule has 0 heterocycles. The van der Waals surface area contributed by atoms with Crippen molar-refractivity contribution in [2.24, 2.45) is 0 Å². The highest BCUT2D eigenvalue weighted by atomic mass is 16.5. The summed E-state index contributed by atoms with van der Waals surface area (Å²) in [7, 11) is 2.94. The Labute approximate surface area is 111 Å². The van der Waals surface area contributed by atoms with Gasteiger partial charge in [0, 0.05) is 12.6 Å². The van der Waals surface area contributed by atoms with Gasteiger partial charge in [-0.2, -0.15) is 0 Å². The van der Waals surface area contributed by atoms with E-state index in [0.717, 1.165) is 4.90 Å². The Kier molecular flexibility index (Phi) is 5.17. The third kappa shape index (κ3) is 3.87. The number of ether oxygens (including phenoxy) is 2. The molecule has 1 amide bonds. The summed E-state index contributed by atoms with van der Waals surface area (Å²) in [5.74, 6) is -0.459. The normalized spacial score (nSPS) is 9.84. The smallest absolute Gasteiger partial charge is 0.323 e. The van der Waals surface area contributed by atoms with E-state index in [-0.39, 0.29) is 12.5 Å². The van der Waals surface area contributed by atoms with Gasteiger partial charge in [0.1, 0.15) is 6.54 Å². The molecule has 6 heteroatoms. The summed E-state index contributed by atoms with van der Waals surface area (Å²) in [6, 6.07) is 4.73. The number of carboxylic acid groups (broad SMARTS) is 1. The fraction of sp³-hybridized carbons (Fsp3) is 0.385. The van der Waals surface area contributed by atoms with E-state index in [0.29, 0.717) is 23.7 Å². The average Bonchev–Trinajstić information content (AvgIpc) is 2.37. The number of amides is 1. The van der Waals surface area contributed by atoms with Gasteiger partial charge in [-0.15, -0.1) is 0 Å². The molecule has 19 heavy (non-hydrogen) atoms. The molecule has 0 spiro atoms. The second-order valence-electron chi connectivity index (χ2n) is 3.85. The standard InChI is InChI=1S/C13H17NO5/c1-4-19-11-7-9(5-6-10(11)18-3)13(17)14(2)8-12(15)16/h5-7H,4,8H2,1-3H3,(H,15,16). The fourth-order valence-electron chi connectivity index (χ4n) is 1.57. The number of methoxy groups -OCH3 is 1. The van der Waals surface area contributed by atoms with Crippen LogP contribution in [0.3, 0.4) is 0 Å². The van der Waals surface area contributed by atoms with Crippen LogP contribution in [0.1, 0.15) is 17.3 Å². The Morgan fingerprint density at radius 1 is 1.32 bits per heavy atom. The molecule has 1 N–H and O–H groups in total. The van der Waals surface area contributed by atoms with Crippen LogP contribution in [0.5, 0.6) is 11.5 Å². The van der Waals surface area contributed by atoms with Crippen LogP contribution in [-0.2, 0) is 4.79 Å². The minimum absolute atomic E-state index is 0.352. The third-order valence-electron chi connectivity index (χ3n) is 2.43. The van der Waals surface area contributed by atoms with Gasteiger partial charge in [0.15, 0.2) is 11.5 Å². The molecule has 0 unspecified atom stereocenters. The Morgan fingerprint density at radius 3 is 2.53 bits per heavy atom. The zero-order valence-corrected chi connectivity index (χ0v) is 11.2. The molecular formula is C13H17NO5. The van der Waals surface area contributed by atoms with Crippen molar-refractivity contribution in [2.45, 2.75) is 6.92 Å². The molecule has 1 aromatic rings. The largest absolute Gasteiger partial charge is 0.493 e. The van der Waals surface area contributed by atoms with E-state index in [2.05, 4.69) is 0 Å². The molecule has 0 aliphatic rings. The Balaban J connectivity index is 2.97. The number of aliphatic carboxylic acids is 1. The molecule has 0 aliphatic heterocycles. The first-order chi connectivity index (χ1) is 8.99. The number of carbonyl (C=O) groups is 2. The zero-order valence-electron chi connectivity index (χ0n) is 11.2. The maximum atomic E-state index is 12.0. The second-order valence-corrected chi connectivity index (χ2v) is 3.85. The number of carbonyl (C=O) groups excluding carboxylic acids is 1. The number of rotatable bonds is 6. The van der Waals surface area contributed by atoms with Crippen molar-refractivity contribution in [3.8, 4) is 11.5 Å². The van der Waals surface area contributed by atoms with Crippen LogP contribution in [0.4, 0.5) is 0 Å². The Hall–Kier alpha value is -2.24. The quantitative estimate of drug-likeness (QED) is 0.839. The lowest BCUT2D eigenvalue weighted by molar-refractivity contribution is -0.137. The molecule has 0 aromatic heterocycles. The molecule has 1 rings (SSSR count). The maximum Gasteiger partial charge on any atom is 0.323 e. The van der Waals surface area contributed by atoms with E-state index >= 15 is 0 Å². The SMILES string of the molecule is CCOc1cc(C(=O)N(C)CC(=O)O)ccc1OC. The summed E-state index contributed by atoms with van der Waals surface area (Å²) in [6.07, 6.45) is 0. The predicted molar refractivity (Wildman–Crippen MR) is 68.8 cm³/mol. The lowest BCUT2D eigenvalue weighted by Crippen LogP contribution is -2.31. The molecule has 0 saturated heterocycles. The summed E-state index contributed by atoms with van der Waals surface area (Å²) >= 11 is 0. The zero-order chi connectivity index (χ0) is 14.4. The maximum absolute atomic E-state index is 12.0. The van der Waals surface area contributed by atoms with Gasteiger partial charge in [-0.3, -0.25) is 9.59 Å². The van der Waals surface area contributed by atoms with Gasteiger partial charge in [-0.1, -0.05) is 0 Å². The van der Waals surface area contributed by atoms with Gasteiger partial charge in [0.05, 0.1) is 13.7 Å². The molecule has 0 radical (unpaired) electrons. The van der Waals surface area contributed by atoms with Crippen LogP contribution in [0, 0.1) is 0 Å². The summed E-state index contributed by atoms with van der Waals surface area (Å²) in [4.78, 5) is 23.7. The van der Waals surface area contributed by atoms with Crippen LogP contribution in [0.2, 0.25) is 0 Å². The van der Waals surface area contributed by atoms with Gasteiger partial charge in [0.25, 0.3) is 5.91 Å². The van der Waals surface area contributed by atoms with Crippen LogP contribution in [-0.4, -0.2) is 49.2 Å². The van der Waals surface area contributed by atoms with Gasteiger partial charge < -0.3 is 19.5 Å². The number of hydrogen-bond acceptors (Lipinski definition) is 4. The first-order valence-corrected chi connectivity index (χ1v) is 5.77. The number of carboxylic acids is 1. The first kappa shape index (κ1) is 14.8. The van der Waals surface area contributed by atoms with Gasteiger partial charge in [-0.25, -0.2) is 0 Å². The second kappa shape index (κ2) is 6.63. The van der Waals surface area contributed by atoms with Crippen molar-refractivity contribution in [2.75, 3.05) is 27.3 Å². The molecule has 6 nitrogen and oxygen atoms in total. The van der Waals surface area contributed by atoms with E-state index in [9.17, 15) is 9.59 Å². The first-order valence-electron chi connectivity index (χ1n) is 5.77. The van der Waals surface area contributed by atoms with Gasteiger partial charge >= 0.3 is 5.97 Å². The fourth-order valence-corrected chi connectivity index (χ4v) is 1.57. The van der Waals surface area contributed by atoms with E-state index in [4.69, 9.17) is 14.6 Å². The minimum atomic E-state index is -1.06. The molecule has 0 aliphatic carbocycles. The van der Waals surface area contributed by atoms with E-state index in [1.807, 2.05) is 6.92 Å². The van der Waals surface area contributed by atoms with E-state index in [1.165, 1.54) is 14.2 Å². The molecule has 0 fully saturated rings. The Bertz CT molecular complexity index is 472. The van der Waals surface area contributed by atoms with Crippen LogP contribution in [0.15, 0.2) is 18.2 Å². The summed E-state index contributed by atoms with van der Waals surface area (Å²) in [6.45, 7) is 1.91. The lowest BCUT2D eigenvalue weighted by atomic mass is 10.1. The highest BCUT2D eigenvalue weighted by Gasteiger charge is 2.16. The van der Waals surface area contributed by atoms with Crippen molar-refractivity contribution in [3.05, 3.63) is 23.8 Å². The molecule has 0 atom stereocenters. The highest BCUT2D eigenvalue weighted by Crippen LogP contribution is 2.28. The van der Waals surface area contributed by atoms with E-state index in [1.54, 1.807) is 18.2 Å². The van der Waals surface area contributed by atoms with Crippen LogP contribution < -0.4 is 9.47 Å². The van der Waals surface area contributed by atoms with Crippen molar-refractivity contribution in [3.63, 3.8) is 0 Å². The minimum Gasteiger partial charge on any atom is -0.493 e. The number of nitrogens with zero attached hydrogens (tertiary/aromatic N) is 1. The van der Waals surface area contributed by atoms with Gasteiger partial charge in [-0.05, 0) is 25.1 Å². The monoisotopic (exact) mass is 267 g/mol. The number of hydrogen-bond donors (Lipinski definition) is 1. The number of benzene rings is 1. The summed E-state index contributed by atoms with van der Waals surface area (Å²) in [5, 5.41) is 8.66. The molecule has 0 saturated carbocycles.